The smallest absolute Gasteiger partial charge is 0.144 e. The van der Waals surface area contributed by atoms with E-state index in [1.165, 1.54) is 0 Å². The Morgan fingerprint density at radius 1 is 1.14 bits per heavy atom. The fourth-order valence-corrected chi connectivity index (χ4v) is 4.44. The highest BCUT2D eigenvalue weighted by Gasteiger charge is 2.18. The Hall–Kier alpha value is -3.14. The third kappa shape index (κ3) is 5.80. The number of hydrogen-bond donors (Lipinski definition) is 3. The molecular formula is C26H30ClF2N7. The Labute approximate surface area is 214 Å². The molecule has 0 aliphatic carbocycles. The molecule has 0 spiro atoms. The summed E-state index contributed by atoms with van der Waals surface area (Å²) in [6.45, 7) is 10.5. The van der Waals surface area contributed by atoms with Crippen molar-refractivity contribution in [2.75, 3.05) is 44.6 Å². The molecule has 36 heavy (non-hydrogen) atoms. The fraction of sp³-hybridized carbons (Fsp3) is 0.346. The molecule has 0 saturated carbocycles. The van der Waals surface area contributed by atoms with Crippen molar-refractivity contribution in [1.82, 2.24) is 19.8 Å². The third-order valence-corrected chi connectivity index (χ3v) is 6.73. The van der Waals surface area contributed by atoms with E-state index in [0.717, 1.165) is 57.2 Å². The van der Waals surface area contributed by atoms with Crippen molar-refractivity contribution in [3.8, 4) is 0 Å². The molecule has 1 aliphatic heterocycles. The molecule has 3 aromatic rings. The summed E-state index contributed by atoms with van der Waals surface area (Å²) in [5, 5.41) is 11.0. The summed E-state index contributed by atoms with van der Waals surface area (Å²) in [6, 6.07) is 7.67. The number of benzene rings is 1. The van der Waals surface area contributed by atoms with E-state index >= 15 is 0 Å². The van der Waals surface area contributed by atoms with Crippen molar-refractivity contribution in [2.45, 2.75) is 19.9 Å². The summed E-state index contributed by atoms with van der Waals surface area (Å²) in [7, 11) is 0. The van der Waals surface area contributed by atoms with Crippen LogP contribution in [0.15, 0.2) is 36.5 Å². The lowest BCUT2D eigenvalue weighted by molar-refractivity contribution is 0.111. The molecule has 4 N–H and O–H groups in total. The van der Waals surface area contributed by atoms with Gasteiger partial charge in [-0.05, 0) is 38.1 Å². The number of nitrogens with zero attached hydrogens (tertiary/aromatic N) is 4. The standard InChI is InChI=1S/C26H30ClF2N7/c1-16(2)36-9-7-35(8-10-36)6-5-32-17-11-25-24(33-15-17)4-3-23(34-25)19(14-30)26(31)18-12-20(27)22(29)13-21(18)28/h3-4,11-16,30,32H,5-10,31H2,1-2H3/b26-19+,30-14?. The lowest BCUT2D eigenvalue weighted by Gasteiger charge is -2.36. The molecule has 0 bridgehead atoms. The summed E-state index contributed by atoms with van der Waals surface area (Å²) in [5.74, 6) is -1.75. The number of halogens is 3. The highest BCUT2D eigenvalue weighted by molar-refractivity contribution is 6.31. The third-order valence-electron chi connectivity index (χ3n) is 6.44. The number of piperazine rings is 1. The molecule has 1 aliphatic rings. The van der Waals surface area contributed by atoms with Gasteiger partial charge in [0, 0.05) is 68.7 Å². The zero-order chi connectivity index (χ0) is 25.8. The first-order valence-electron chi connectivity index (χ1n) is 11.9. The highest BCUT2D eigenvalue weighted by Crippen LogP contribution is 2.27. The van der Waals surface area contributed by atoms with Crippen LogP contribution in [-0.4, -0.2) is 71.3 Å². The second kappa shape index (κ2) is 11.3. The van der Waals surface area contributed by atoms with E-state index in [-0.39, 0.29) is 21.9 Å². The Bertz CT molecular complexity index is 1290. The van der Waals surface area contributed by atoms with E-state index in [1.807, 2.05) is 6.07 Å². The lowest BCUT2D eigenvalue weighted by Crippen LogP contribution is -2.49. The van der Waals surface area contributed by atoms with Crippen LogP contribution in [0.3, 0.4) is 0 Å². The molecule has 0 amide bonds. The van der Waals surface area contributed by atoms with Gasteiger partial charge in [0.2, 0.25) is 0 Å². The molecule has 2 aromatic heterocycles. The number of anilines is 1. The minimum Gasteiger partial charge on any atom is -0.398 e. The highest BCUT2D eigenvalue weighted by atomic mass is 35.5. The summed E-state index contributed by atoms with van der Waals surface area (Å²) >= 11 is 5.82. The van der Waals surface area contributed by atoms with Crippen LogP contribution in [0.2, 0.25) is 5.02 Å². The van der Waals surface area contributed by atoms with Crippen molar-refractivity contribution in [3.05, 3.63) is 64.4 Å². The summed E-state index contributed by atoms with van der Waals surface area (Å²) in [5.41, 5.74) is 8.69. The van der Waals surface area contributed by atoms with Gasteiger partial charge in [-0.25, -0.2) is 13.8 Å². The molecule has 0 radical (unpaired) electrons. The van der Waals surface area contributed by atoms with Crippen LogP contribution in [-0.2, 0) is 0 Å². The van der Waals surface area contributed by atoms with E-state index in [1.54, 1.807) is 18.3 Å². The predicted molar refractivity (Wildman–Crippen MR) is 142 cm³/mol. The van der Waals surface area contributed by atoms with Gasteiger partial charge in [-0.1, -0.05) is 11.6 Å². The average Bonchev–Trinajstić information content (AvgIpc) is 2.86. The molecule has 190 valence electrons. The Balaban J connectivity index is 1.50. The maximum absolute atomic E-state index is 14.4. The lowest BCUT2D eigenvalue weighted by atomic mass is 10.0. The normalized spacial score (nSPS) is 15.8. The number of rotatable bonds is 8. The van der Waals surface area contributed by atoms with Gasteiger partial charge in [-0.2, -0.15) is 0 Å². The van der Waals surface area contributed by atoms with Crippen LogP contribution in [0.1, 0.15) is 25.1 Å². The van der Waals surface area contributed by atoms with Gasteiger partial charge in [0.15, 0.2) is 0 Å². The topological polar surface area (TPSA) is 94.2 Å². The molecule has 0 unspecified atom stereocenters. The number of nitrogens with two attached hydrogens (primary N) is 1. The molecule has 4 rings (SSSR count). The molecule has 7 nitrogen and oxygen atoms in total. The summed E-state index contributed by atoms with van der Waals surface area (Å²) < 4.78 is 28.0. The fourth-order valence-electron chi connectivity index (χ4n) is 4.28. The second-order valence-electron chi connectivity index (χ2n) is 9.07. The maximum atomic E-state index is 14.4. The van der Waals surface area contributed by atoms with Crippen molar-refractivity contribution in [1.29, 1.82) is 5.41 Å². The minimum atomic E-state index is -0.880. The van der Waals surface area contributed by atoms with Crippen LogP contribution in [0.25, 0.3) is 22.3 Å². The first-order chi connectivity index (χ1) is 17.3. The zero-order valence-electron chi connectivity index (χ0n) is 20.4. The summed E-state index contributed by atoms with van der Waals surface area (Å²) in [4.78, 5) is 14.0. The number of nitrogens with one attached hydrogen (secondary N) is 2. The quantitative estimate of drug-likeness (QED) is 0.304. The number of aromatic nitrogens is 2. The van der Waals surface area contributed by atoms with Gasteiger partial charge in [0.05, 0.1) is 39.3 Å². The first-order valence-corrected chi connectivity index (χ1v) is 12.3. The van der Waals surface area contributed by atoms with Gasteiger partial charge in [-0.3, -0.25) is 14.8 Å². The monoisotopic (exact) mass is 513 g/mol. The molecule has 0 atom stereocenters. The van der Waals surface area contributed by atoms with Crippen molar-refractivity contribution in [3.63, 3.8) is 0 Å². The number of pyridine rings is 2. The average molecular weight is 514 g/mol. The van der Waals surface area contributed by atoms with Crippen LogP contribution in [0.4, 0.5) is 14.5 Å². The van der Waals surface area contributed by atoms with E-state index in [0.29, 0.717) is 28.8 Å². The SMILES string of the molecule is CC(C)N1CCN(CCNc2cnc3ccc(/C(C=N)=C(/N)c4cc(Cl)c(F)cc4F)nc3c2)CC1. The minimum absolute atomic E-state index is 0.0592. The number of hydrogen-bond acceptors (Lipinski definition) is 7. The van der Waals surface area contributed by atoms with E-state index < -0.39 is 11.6 Å². The maximum Gasteiger partial charge on any atom is 0.144 e. The van der Waals surface area contributed by atoms with Gasteiger partial charge in [0.1, 0.15) is 11.6 Å². The molecule has 1 fully saturated rings. The van der Waals surface area contributed by atoms with Gasteiger partial charge in [-0.15, -0.1) is 0 Å². The summed E-state index contributed by atoms with van der Waals surface area (Å²) in [6.07, 6.45) is 2.76. The molecule has 3 heterocycles. The van der Waals surface area contributed by atoms with Crippen molar-refractivity contribution < 1.29 is 8.78 Å². The zero-order valence-corrected chi connectivity index (χ0v) is 21.1. The van der Waals surface area contributed by atoms with Gasteiger partial charge >= 0.3 is 0 Å². The van der Waals surface area contributed by atoms with Crippen molar-refractivity contribution in [2.24, 2.45) is 5.73 Å². The Morgan fingerprint density at radius 3 is 2.58 bits per heavy atom. The van der Waals surface area contributed by atoms with Gasteiger partial charge in [0.25, 0.3) is 0 Å². The molecule has 10 heteroatoms. The largest absolute Gasteiger partial charge is 0.398 e. The number of allylic oxidation sites excluding steroid dienone is 1. The van der Waals surface area contributed by atoms with Crippen molar-refractivity contribution >= 4 is 45.8 Å². The van der Waals surface area contributed by atoms with Crippen LogP contribution >= 0.6 is 11.6 Å². The Morgan fingerprint density at radius 2 is 1.89 bits per heavy atom. The predicted octanol–water partition coefficient (Wildman–Crippen LogP) is 4.48. The van der Waals surface area contributed by atoms with E-state index in [9.17, 15) is 8.78 Å². The number of fused-ring (bicyclic) bond motifs is 1. The second-order valence-corrected chi connectivity index (χ2v) is 9.48. The Kier molecular flexibility index (Phi) is 8.13. The molecule has 1 saturated heterocycles. The van der Waals surface area contributed by atoms with E-state index in [2.05, 4.69) is 38.9 Å². The first kappa shape index (κ1) is 25.9. The van der Waals surface area contributed by atoms with Crippen LogP contribution < -0.4 is 11.1 Å². The van der Waals surface area contributed by atoms with E-state index in [4.69, 9.17) is 22.7 Å². The molecule has 1 aromatic carbocycles. The van der Waals surface area contributed by atoms with Crippen LogP contribution in [0.5, 0.6) is 0 Å². The van der Waals surface area contributed by atoms with Crippen LogP contribution in [0, 0.1) is 17.0 Å². The van der Waals surface area contributed by atoms with Gasteiger partial charge < -0.3 is 16.5 Å². The molecular weight excluding hydrogens is 484 g/mol.